The number of hydrogen-bond acceptors (Lipinski definition) is 5. The molecule has 1 aromatic rings. The van der Waals surface area contributed by atoms with Gasteiger partial charge in [-0.1, -0.05) is 24.0 Å². The maximum absolute atomic E-state index is 10.8. The quantitative estimate of drug-likeness (QED) is 0.746. The van der Waals surface area contributed by atoms with Crippen LogP contribution in [0.15, 0.2) is 18.2 Å². The van der Waals surface area contributed by atoms with E-state index in [0.29, 0.717) is 5.00 Å². The second-order valence-electron chi connectivity index (χ2n) is 4.91. The minimum atomic E-state index is -0.694. The number of nitrogen functional groups attached to an aromatic ring is 1. The molecule has 0 aliphatic carbocycles. The molecule has 0 aliphatic rings. The first-order valence-corrected chi connectivity index (χ1v) is 6.90. The standard InChI is InChI=1S/C8H11N3OS.C6H12O/c1-3-4(2)8-11-5(6(9)12)7(10)13-8;1-5(2)6(3,4)7/h3H,10H2,1-2H3,(H2,9,12);7H,1H2,2-4H3/b4-3+;. The Labute approximate surface area is 124 Å². The van der Waals surface area contributed by atoms with Crippen LogP contribution in [0.5, 0.6) is 0 Å². The van der Waals surface area contributed by atoms with Gasteiger partial charge in [0.15, 0.2) is 5.69 Å². The monoisotopic (exact) mass is 297 g/mol. The largest absolute Gasteiger partial charge is 0.389 e. The zero-order valence-electron chi connectivity index (χ0n) is 12.7. The predicted octanol–water partition coefficient (Wildman–Crippen LogP) is 2.58. The van der Waals surface area contributed by atoms with Crippen LogP contribution in [0.1, 0.15) is 50.1 Å². The Hall–Kier alpha value is -1.66. The second kappa shape index (κ2) is 7.21. The lowest BCUT2D eigenvalue weighted by molar-refractivity contribution is 0.0997. The summed E-state index contributed by atoms with van der Waals surface area (Å²) in [6, 6.07) is 0. The highest BCUT2D eigenvalue weighted by atomic mass is 32.1. The topological polar surface area (TPSA) is 102 Å². The predicted molar refractivity (Wildman–Crippen MR) is 85.5 cm³/mol. The molecule has 20 heavy (non-hydrogen) atoms. The summed E-state index contributed by atoms with van der Waals surface area (Å²) in [6.45, 7) is 12.6. The summed E-state index contributed by atoms with van der Waals surface area (Å²) in [5.41, 5.74) is 11.9. The highest BCUT2D eigenvalue weighted by Gasteiger charge is 2.13. The Morgan fingerprint density at radius 1 is 1.45 bits per heavy atom. The van der Waals surface area contributed by atoms with Crippen LogP contribution < -0.4 is 11.5 Å². The van der Waals surface area contributed by atoms with Gasteiger partial charge in [0, 0.05) is 0 Å². The SMILES string of the molecule is C/C=C(\C)c1nc(C(N)=O)c(N)s1.C=C(C)C(C)(C)O. The number of thiazole rings is 1. The Balaban J connectivity index is 0.000000441. The molecule has 0 spiro atoms. The van der Waals surface area contributed by atoms with Crippen LogP contribution in [0.4, 0.5) is 5.00 Å². The molecule has 0 aromatic carbocycles. The van der Waals surface area contributed by atoms with Crippen LogP contribution in [0.3, 0.4) is 0 Å². The van der Waals surface area contributed by atoms with E-state index in [0.717, 1.165) is 16.2 Å². The van der Waals surface area contributed by atoms with Crippen LogP contribution in [0.2, 0.25) is 0 Å². The van der Waals surface area contributed by atoms with Crippen molar-refractivity contribution in [1.29, 1.82) is 0 Å². The number of nitrogens with zero attached hydrogens (tertiary/aromatic N) is 1. The van der Waals surface area contributed by atoms with E-state index in [9.17, 15) is 4.79 Å². The summed E-state index contributed by atoms with van der Waals surface area (Å²) in [5, 5.41) is 10.1. The molecule has 0 saturated carbocycles. The summed E-state index contributed by atoms with van der Waals surface area (Å²) in [4.78, 5) is 14.8. The molecule has 0 radical (unpaired) electrons. The lowest BCUT2D eigenvalue weighted by Gasteiger charge is -2.15. The molecule has 0 fully saturated rings. The van der Waals surface area contributed by atoms with E-state index in [4.69, 9.17) is 16.6 Å². The van der Waals surface area contributed by atoms with E-state index >= 15 is 0 Å². The van der Waals surface area contributed by atoms with Gasteiger partial charge in [0.1, 0.15) is 10.0 Å². The number of carbonyl (C=O) groups excluding carboxylic acids is 1. The zero-order valence-corrected chi connectivity index (χ0v) is 13.5. The molecular weight excluding hydrogens is 274 g/mol. The summed E-state index contributed by atoms with van der Waals surface area (Å²) in [6.07, 6.45) is 1.91. The van der Waals surface area contributed by atoms with Crippen LogP contribution in [-0.4, -0.2) is 21.6 Å². The fraction of sp³-hybridized carbons (Fsp3) is 0.429. The number of hydrogen-bond donors (Lipinski definition) is 3. The number of nitrogens with two attached hydrogens (primary N) is 2. The zero-order chi connectivity index (χ0) is 16.1. The third-order valence-electron chi connectivity index (χ3n) is 2.70. The van der Waals surface area contributed by atoms with Gasteiger partial charge in [-0.3, -0.25) is 4.79 Å². The molecule has 1 heterocycles. The third kappa shape index (κ3) is 5.54. The first kappa shape index (κ1) is 18.3. The number of allylic oxidation sites excluding steroid dienone is 2. The number of amides is 1. The van der Waals surface area contributed by atoms with Gasteiger partial charge in [-0.25, -0.2) is 4.98 Å². The Bertz CT molecular complexity index is 525. The maximum Gasteiger partial charge on any atom is 0.270 e. The van der Waals surface area contributed by atoms with E-state index in [1.165, 1.54) is 11.3 Å². The van der Waals surface area contributed by atoms with Gasteiger partial charge < -0.3 is 16.6 Å². The Morgan fingerprint density at radius 3 is 2.15 bits per heavy atom. The second-order valence-corrected chi connectivity index (χ2v) is 5.94. The van der Waals surface area contributed by atoms with E-state index in [1.807, 2.05) is 19.9 Å². The van der Waals surface area contributed by atoms with Crippen LogP contribution in [0.25, 0.3) is 5.57 Å². The lowest BCUT2D eigenvalue weighted by atomic mass is 10.0. The number of anilines is 1. The number of aromatic nitrogens is 1. The molecule has 1 aromatic heterocycles. The van der Waals surface area contributed by atoms with Gasteiger partial charge >= 0.3 is 0 Å². The average Bonchev–Trinajstić information content (AvgIpc) is 2.70. The highest BCUT2D eigenvalue weighted by molar-refractivity contribution is 7.16. The maximum atomic E-state index is 10.8. The van der Waals surface area contributed by atoms with E-state index < -0.39 is 11.5 Å². The number of rotatable bonds is 3. The van der Waals surface area contributed by atoms with E-state index in [-0.39, 0.29) is 5.69 Å². The van der Waals surface area contributed by atoms with Crippen molar-refractivity contribution in [3.8, 4) is 0 Å². The van der Waals surface area contributed by atoms with Gasteiger partial charge in [-0.05, 0) is 45.8 Å². The van der Waals surface area contributed by atoms with Gasteiger partial charge in [0.2, 0.25) is 0 Å². The van der Waals surface area contributed by atoms with Gasteiger partial charge in [-0.2, -0.15) is 0 Å². The van der Waals surface area contributed by atoms with Gasteiger partial charge in [-0.15, -0.1) is 0 Å². The van der Waals surface area contributed by atoms with E-state index in [2.05, 4.69) is 11.6 Å². The fourth-order valence-corrected chi connectivity index (χ4v) is 1.67. The molecule has 0 unspecified atom stereocenters. The molecule has 5 nitrogen and oxygen atoms in total. The van der Waals surface area contributed by atoms with Crippen molar-refractivity contribution in [2.75, 3.05) is 5.73 Å². The van der Waals surface area contributed by atoms with Crippen molar-refractivity contribution >= 4 is 27.8 Å². The molecule has 0 bridgehead atoms. The smallest absolute Gasteiger partial charge is 0.270 e. The normalized spacial score (nSPS) is 11.6. The molecule has 0 aliphatic heterocycles. The minimum absolute atomic E-state index is 0.168. The van der Waals surface area contributed by atoms with Crippen molar-refractivity contribution in [2.45, 2.75) is 40.2 Å². The third-order valence-corrected chi connectivity index (χ3v) is 3.72. The van der Waals surface area contributed by atoms with Crippen molar-refractivity contribution in [1.82, 2.24) is 4.98 Å². The van der Waals surface area contributed by atoms with Crippen molar-refractivity contribution < 1.29 is 9.90 Å². The molecule has 0 saturated heterocycles. The number of carbonyl (C=O) groups is 1. The molecule has 5 N–H and O–H groups in total. The van der Waals surface area contributed by atoms with Gasteiger partial charge in [0.05, 0.1) is 5.60 Å². The number of aliphatic hydroxyl groups is 1. The molecule has 112 valence electrons. The summed E-state index contributed by atoms with van der Waals surface area (Å²) in [5.74, 6) is -0.580. The first-order valence-electron chi connectivity index (χ1n) is 6.08. The molecular formula is C14H23N3O2S. The molecule has 0 atom stereocenters. The van der Waals surface area contributed by atoms with Crippen LogP contribution in [-0.2, 0) is 0 Å². The Kier molecular flexibility index (Phi) is 6.61. The van der Waals surface area contributed by atoms with E-state index in [1.54, 1.807) is 20.8 Å². The van der Waals surface area contributed by atoms with Crippen molar-refractivity contribution in [3.05, 3.63) is 28.9 Å². The number of primary amides is 1. The highest BCUT2D eigenvalue weighted by Crippen LogP contribution is 2.25. The van der Waals surface area contributed by atoms with Crippen molar-refractivity contribution in [2.24, 2.45) is 5.73 Å². The van der Waals surface area contributed by atoms with Crippen molar-refractivity contribution in [3.63, 3.8) is 0 Å². The molecule has 1 amide bonds. The van der Waals surface area contributed by atoms with Crippen LogP contribution >= 0.6 is 11.3 Å². The van der Waals surface area contributed by atoms with Crippen LogP contribution in [0, 0.1) is 0 Å². The Morgan fingerprint density at radius 2 is 1.90 bits per heavy atom. The minimum Gasteiger partial charge on any atom is -0.389 e. The molecule has 6 heteroatoms. The summed E-state index contributed by atoms with van der Waals surface area (Å²) >= 11 is 1.27. The molecule has 1 rings (SSSR count). The van der Waals surface area contributed by atoms with Gasteiger partial charge in [0.25, 0.3) is 5.91 Å². The first-order chi connectivity index (χ1) is 9.00. The lowest BCUT2D eigenvalue weighted by Crippen LogP contribution is -2.18. The fourth-order valence-electron chi connectivity index (χ4n) is 0.801. The summed E-state index contributed by atoms with van der Waals surface area (Å²) in [7, 11) is 0. The average molecular weight is 297 g/mol. The summed E-state index contributed by atoms with van der Waals surface area (Å²) < 4.78 is 0.